The van der Waals surface area contributed by atoms with Crippen LogP contribution >= 0.6 is 0 Å². The van der Waals surface area contributed by atoms with Crippen LogP contribution in [0.15, 0.2) is 30.9 Å². The van der Waals surface area contributed by atoms with E-state index in [4.69, 9.17) is 10.00 Å². The first-order valence-corrected chi connectivity index (χ1v) is 5.93. The third-order valence-corrected chi connectivity index (χ3v) is 2.13. The molecule has 0 saturated carbocycles. The minimum Gasteiger partial charge on any atom is -0.489 e. The van der Waals surface area contributed by atoms with Gasteiger partial charge in [-0.1, -0.05) is 6.08 Å². The van der Waals surface area contributed by atoms with Crippen molar-refractivity contribution in [3.05, 3.63) is 36.4 Å². The lowest BCUT2D eigenvalue weighted by Crippen LogP contribution is -2.29. The Hall–Kier alpha value is -2.48. The van der Waals surface area contributed by atoms with Gasteiger partial charge in [-0.15, -0.1) is 6.58 Å². The van der Waals surface area contributed by atoms with Gasteiger partial charge in [-0.2, -0.15) is 5.26 Å². The van der Waals surface area contributed by atoms with Crippen LogP contribution in [0.5, 0.6) is 5.75 Å². The van der Waals surface area contributed by atoms with Crippen molar-refractivity contribution in [2.75, 3.05) is 11.9 Å². The maximum Gasteiger partial charge on any atom is 0.319 e. The molecular weight excluding hydrogens is 242 g/mol. The number of anilines is 1. The van der Waals surface area contributed by atoms with Crippen LogP contribution in [0.1, 0.15) is 19.4 Å². The van der Waals surface area contributed by atoms with E-state index in [9.17, 15) is 4.79 Å². The van der Waals surface area contributed by atoms with Crippen LogP contribution in [0.2, 0.25) is 0 Å². The van der Waals surface area contributed by atoms with E-state index in [-0.39, 0.29) is 12.1 Å². The summed E-state index contributed by atoms with van der Waals surface area (Å²) in [5, 5.41) is 14.1. The quantitative estimate of drug-likeness (QED) is 0.798. The highest BCUT2D eigenvalue weighted by atomic mass is 16.5. The summed E-state index contributed by atoms with van der Waals surface area (Å²) in [4.78, 5) is 11.6. The van der Waals surface area contributed by atoms with Gasteiger partial charge in [-0.3, -0.25) is 0 Å². The molecule has 0 spiro atoms. The van der Waals surface area contributed by atoms with Crippen molar-refractivity contribution in [2.45, 2.75) is 20.0 Å². The van der Waals surface area contributed by atoms with Gasteiger partial charge in [0.2, 0.25) is 0 Å². The second-order valence-corrected chi connectivity index (χ2v) is 4.11. The van der Waals surface area contributed by atoms with Crippen LogP contribution in [0.25, 0.3) is 0 Å². The summed E-state index contributed by atoms with van der Waals surface area (Å²) in [6.07, 6.45) is 1.56. The van der Waals surface area contributed by atoms with Crippen molar-refractivity contribution < 1.29 is 9.53 Å². The van der Waals surface area contributed by atoms with Crippen LogP contribution in [-0.2, 0) is 0 Å². The molecule has 5 nitrogen and oxygen atoms in total. The summed E-state index contributed by atoms with van der Waals surface area (Å²) < 4.78 is 5.58. The molecule has 0 fully saturated rings. The molecule has 1 aromatic rings. The molecule has 2 amide bonds. The van der Waals surface area contributed by atoms with Gasteiger partial charge in [0.15, 0.2) is 0 Å². The first-order valence-electron chi connectivity index (χ1n) is 5.93. The maximum atomic E-state index is 11.6. The van der Waals surface area contributed by atoms with E-state index in [1.54, 1.807) is 24.3 Å². The minimum atomic E-state index is -0.372. The van der Waals surface area contributed by atoms with E-state index in [0.29, 0.717) is 23.5 Å². The Morgan fingerprint density at radius 1 is 1.58 bits per heavy atom. The molecule has 1 rings (SSSR count). The Kier molecular flexibility index (Phi) is 5.42. The third kappa shape index (κ3) is 4.72. The molecule has 0 unspecified atom stereocenters. The summed E-state index contributed by atoms with van der Waals surface area (Å²) in [7, 11) is 0. The number of nitriles is 1. The van der Waals surface area contributed by atoms with Gasteiger partial charge in [0.1, 0.15) is 5.75 Å². The first kappa shape index (κ1) is 14.6. The number of ether oxygens (including phenoxy) is 1. The first-order chi connectivity index (χ1) is 9.06. The minimum absolute atomic E-state index is 0.0234. The van der Waals surface area contributed by atoms with E-state index in [2.05, 4.69) is 17.2 Å². The normalized spacial score (nSPS) is 9.58. The molecule has 0 atom stereocenters. The third-order valence-electron chi connectivity index (χ3n) is 2.13. The van der Waals surface area contributed by atoms with Crippen molar-refractivity contribution in [2.24, 2.45) is 0 Å². The number of amides is 2. The number of nitrogens with one attached hydrogen (secondary N) is 2. The monoisotopic (exact) mass is 259 g/mol. The van der Waals surface area contributed by atoms with Crippen LogP contribution in [-0.4, -0.2) is 18.7 Å². The van der Waals surface area contributed by atoms with Crippen molar-refractivity contribution in [3.63, 3.8) is 0 Å². The number of hydrogen-bond donors (Lipinski definition) is 2. The molecule has 0 radical (unpaired) electrons. The number of nitrogens with zero attached hydrogens (tertiary/aromatic N) is 1. The molecule has 1 aromatic carbocycles. The summed E-state index contributed by atoms with van der Waals surface area (Å²) in [5.74, 6) is 0.530. The molecule has 0 aliphatic carbocycles. The molecule has 0 aliphatic heterocycles. The van der Waals surface area contributed by atoms with Gasteiger partial charge in [0.25, 0.3) is 0 Å². The van der Waals surface area contributed by atoms with E-state index < -0.39 is 0 Å². The zero-order chi connectivity index (χ0) is 14.3. The lowest BCUT2D eigenvalue weighted by molar-refractivity contribution is 0.242. The molecule has 0 saturated heterocycles. The number of rotatable bonds is 5. The van der Waals surface area contributed by atoms with Gasteiger partial charge < -0.3 is 15.4 Å². The van der Waals surface area contributed by atoms with Crippen molar-refractivity contribution >= 4 is 11.7 Å². The zero-order valence-corrected chi connectivity index (χ0v) is 11.1. The van der Waals surface area contributed by atoms with Gasteiger partial charge in [-0.25, -0.2) is 4.79 Å². The topological polar surface area (TPSA) is 74.2 Å². The summed E-state index contributed by atoms with van der Waals surface area (Å²) in [5.41, 5.74) is 0.921. The van der Waals surface area contributed by atoms with E-state index in [1.165, 1.54) is 0 Å². The van der Waals surface area contributed by atoms with Crippen LogP contribution in [0.3, 0.4) is 0 Å². The second-order valence-electron chi connectivity index (χ2n) is 4.11. The van der Waals surface area contributed by atoms with E-state index >= 15 is 0 Å². The predicted molar refractivity (Wildman–Crippen MR) is 74.1 cm³/mol. The lowest BCUT2D eigenvalue weighted by atomic mass is 10.2. The molecule has 0 bridgehead atoms. The standard InChI is InChI=1S/C14H17N3O2/c1-4-7-16-14(18)17-12-8-11(9-15)5-6-13(12)19-10(2)3/h4-6,8,10H,1,7H2,2-3H3,(H2,16,17,18). The SMILES string of the molecule is C=CCNC(=O)Nc1cc(C#N)ccc1OC(C)C. The van der Waals surface area contributed by atoms with Crippen molar-refractivity contribution in [1.29, 1.82) is 5.26 Å². The van der Waals surface area contributed by atoms with Gasteiger partial charge >= 0.3 is 6.03 Å². The Bertz CT molecular complexity index is 504. The van der Waals surface area contributed by atoms with Crippen molar-refractivity contribution in [1.82, 2.24) is 5.32 Å². The highest BCUT2D eigenvalue weighted by molar-refractivity contribution is 5.91. The molecule has 0 heterocycles. The Morgan fingerprint density at radius 3 is 2.89 bits per heavy atom. The largest absolute Gasteiger partial charge is 0.489 e. The molecule has 100 valence electrons. The number of carbonyl (C=O) groups excluding carboxylic acids is 1. The smallest absolute Gasteiger partial charge is 0.319 e. The summed E-state index contributed by atoms with van der Waals surface area (Å²) in [6, 6.07) is 6.54. The van der Waals surface area contributed by atoms with Gasteiger partial charge in [-0.05, 0) is 32.0 Å². The molecule has 19 heavy (non-hydrogen) atoms. The fourth-order valence-electron chi connectivity index (χ4n) is 1.39. The van der Waals surface area contributed by atoms with Crippen LogP contribution in [0.4, 0.5) is 10.5 Å². The number of hydrogen-bond acceptors (Lipinski definition) is 3. The Morgan fingerprint density at radius 2 is 2.32 bits per heavy atom. The number of urea groups is 1. The average Bonchev–Trinajstić information content (AvgIpc) is 2.37. The van der Waals surface area contributed by atoms with Gasteiger partial charge in [0, 0.05) is 6.54 Å². The average molecular weight is 259 g/mol. The Balaban J connectivity index is 2.91. The van der Waals surface area contributed by atoms with Crippen LogP contribution in [0, 0.1) is 11.3 Å². The molecule has 2 N–H and O–H groups in total. The maximum absolute atomic E-state index is 11.6. The fourth-order valence-corrected chi connectivity index (χ4v) is 1.39. The summed E-state index contributed by atoms with van der Waals surface area (Å²) in [6.45, 7) is 7.66. The second kappa shape index (κ2) is 7.07. The molecule has 0 aromatic heterocycles. The van der Waals surface area contributed by atoms with Crippen molar-refractivity contribution in [3.8, 4) is 11.8 Å². The van der Waals surface area contributed by atoms with Gasteiger partial charge in [0.05, 0.1) is 23.4 Å². The molecular formula is C14H17N3O2. The molecule has 5 heteroatoms. The zero-order valence-electron chi connectivity index (χ0n) is 11.1. The predicted octanol–water partition coefficient (Wildman–Crippen LogP) is 2.65. The highest BCUT2D eigenvalue weighted by Gasteiger charge is 2.10. The number of carbonyl (C=O) groups is 1. The molecule has 0 aliphatic rings. The van der Waals surface area contributed by atoms with Crippen LogP contribution < -0.4 is 15.4 Å². The Labute approximate surface area is 112 Å². The summed E-state index contributed by atoms with van der Waals surface area (Å²) >= 11 is 0. The highest BCUT2D eigenvalue weighted by Crippen LogP contribution is 2.26. The fraction of sp³-hybridized carbons (Fsp3) is 0.286. The van der Waals surface area contributed by atoms with E-state index in [1.807, 2.05) is 19.9 Å². The lowest BCUT2D eigenvalue weighted by Gasteiger charge is -2.15. The van der Waals surface area contributed by atoms with E-state index in [0.717, 1.165) is 0 Å². The number of benzene rings is 1.